The summed E-state index contributed by atoms with van der Waals surface area (Å²) in [4.78, 5) is 21.9. The van der Waals surface area contributed by atoms with E-state index in [9.17, 15) is 4.79 Å². The van der Waals surface area contributed by atoms with Crippen LogP contribution in [0, 0.1) is 5.92 Å². The van der Waals surface area contributed by atoms with Crippen molar-refractivity contribution in [2.24, 2.45) is 5.92 Å². The summed E-state index contributed by atoms with van der Waals surface area (Å²) in [5.74, 6) is 0.737. The van der Waals surface area contributed by atoms with E-state index in [0.717, 1.165) is 44.1 Å². The average molecular weight is 372 g/mol. The van der Waals surface area contributed by atoms with Gasteiger partial charge in [-0.1, -0.05) is 12.8 Å². The van der Waals surface area contributed by atoms with E-state index in [1.54, 1.807) is 12.4 Å². The molecule has 1 atom stereocenters. The van der Waals surface area contributed by atoms with Gasteiger partial charge in [-0.25, -0.2) is 0 Å². The van der Waals surface area contributed by atoms with Crippen LogP contribution in [-0.4, -0.2) is 65.6 Å². The molecule has 2 saturated heterocycles. The summed E-state index contributed by atoms with van der Waals surface area (Å²) in [6.45, 7) is 4.82. The van der Waals surface area contributed by atoms with Gasteiger partial charge in [0.15, 0.2) is 0 Å². The van der Waals surface area contributed by atoms with Crippen LogP contribution >= 0.6 is 0 Å². The molecule has 2 aliphatic heterocycles. The lowest BCUT2D eigenvalue weighted by Crippen LogP contribution is -2.45. The third kappa shape index (κ3) is 4.88. The average Bonchev–Trinajstić information content (AvgIpc) is 3.42. The van der Waals surface area contributed by atoms with Crippen LogP contribution in [-0.2, 0) is 4.74 Å². The van der Waals surface area contributed by atoms with E-state index in [1.165, 1.54) is 51.6 Å². The lowest BCUT2D eigenvalue weighted by Gasteiger charge is -2.38. The van der Waals surface area contributed by atoms with Gasteiger partial charge >= 0.3 is 0 Å². The van der Waals surface area contributed by atoms with Gasteiger partial charge < -0.3 is 14.5 Å². The number of hydrogen-bond donors (Lipinski definition) is 0. The van der Waals surface area contributed by atoms with Crippen molar-refractivity contribution in [2.75, 3.05) is 32.8 Å². The number of aromatic nitrogens is 1. The number of piperidine rings is 1. The van der Waals surface area contributed by atoms with Gasteiger partial charge in [0, 0.05) is 43.7 Å². The minimum absolute atomic E-state index is 0.131. The Balaban J connectivity index is 1.36. The van der Waals surface area contributed by atoms with Crippen molar-refractivity contribution < 1.29 is 9.53 Å². The Bertz CT molecular complexity index is 589. The molecule has 1 aromatic heterocycles. The minimum atomic E-state index is 0.131. The van der Waals surface area contributed by atoms with Crippen LogP contribution in [0.15, 0.2) is 24.5 Å². The number of pyridine rings is 1. The molecule has 3 heterocycles. The van der Waals surface area contributed by atoms with Gasteiger partial charge in [-0.3, -0.25) is 9.78 Å². The van der Waals surface area contributed by atoms with Crippen molar-refractivity contribution >= 4 is 5.91 Å². The first kappa shape index (κ1) is 18.9. The summed E-state index contributed by atoms with van der Waals surface area (Å²) < 4.78 is 5.83. The van der Waals surface area contributed by atoms with Crippen molar-refractivity contribution in [1.82, 2.24) is 14.8 Å². The number of likely N-dealkylation sites (tertiary alicyclic amines) is 1. The van der Waals surface area contributed by atoms with Crippen LogP contribution in [0.1, 0.15) is 61.7 Å². The molecule has 1 aliphatic carbocycles. The van der Waals surface area contributed by atoms with Crippen LogP contribution in [0.25, 0.3) is 0 Å². The summed E-state index contributed by atoms with van der Waals surface area (Å²) in [7, 11) is 0. The van der Waals surface area contributed by atoms with Gasteiger partial charge in [0.05, 0.1) is 6.10 Å². The molecule has 0 spiro atoms. The molecule has 0 N–H and O–H groups in total. The summed E-state index contributed by atoms with van der Waals surface area (Å²) >= 11 is 0. The molecule has 3 fully saturated rings. The monoisotopic (exact) mass is 371 g/mol. The van der Waals surface area contributed by atoms with Gasteiger partial charge in [-0.2, -0.15) is 0 Å². The Morgan fingerprint density at radius 1 is 1.04 bits per heavy atom. The number of carbonyl (C=O) groups is 1. The minimum Gasteiger partial charge on any atom is -0.376 e. The molecule has 0 radical (unpaired) electrons. The number of nitrogens with zero attached hydrogens (tertiary/aromatic N) is 3. The summed E-state index contributed by atoms with van der Waals surface area (Å²) in [5.41, 5.74) is 0.742. The van der Waals surface area contributed by atoms with E-state index in [4.69, 9.17) is 4.74 Å². The highest BCUT2D eigenvalue weighted by molar-refractivity contribution is 5.94. The topological polar surface area (TPSA) is 45.7 Å². The highest BCUT2D eigenvalue weighted by Crippen LogP contribution is 2.28. The molecule has 148 valence electrons. The maximum Gasteiger partial charge on any atom is 0.254 e. The third-order valence-electron chi connectivity index (χ3n) is 6.63. The Kier molecular flexibility index (Phi) is 6.40. The number of carbonyl (C=O) groups excluding carboxylic acids is 1. The predicted molar refractivity (Wildman–Crippen MR) is 106 cm³/mol. The lowest BCUT2D eigenvalue weighted by molar-refractivity contribution is 0.0429. The molecule has 5 heteroatoms. The fourth-order valence-electron chi connectivity index (χ4n) is 5.03. The number of rotatable bonds is 6. The molecule has 27 heavy (non-hydrogen) atoms. The maximum atomic E-state index is 13.1. The van der Waals surface area contributed by atoms with Crippen LogP contribution in [0.2, 0.25) is 0 Å². The standard InChI is InChI=1S/C22H33N3O2/c26-22(19-7-11-23-12-8-19)25(17-21-6-3-15-27-21)16-18-9-13-24(14-10-18)20-4-1-2-5-20/h7-8,11-12,18,20-21H,1-6,9-10,13-17H2. The quantitative estimate of drug-likeness (QED) is 0.769. The van der Waals surface area contributed by atoms with Crippen molar-refractivity contribution in [3.63, 3.8) is 0 Å². The van der Waals surface area contributed by atoms with Gasteiger partial charge in [-0.05, 0) is 69.7 Å². The first-order chi connectivity index (χ1) is 13.3. The highest BCUT2D eigenvalue weighted by Gasteiger charge is 2.30. The fraction of sp³-hybridized carbons (Fsp3) is 0.727. The van der Waals surface area contributed by atoms with E-state index in [2.05, 4.69) is 14.8 Å². The summed E-state index contributed by atoms with van der Waals surface area (Å²) in [6.07, 6.45) is 13.8. The molecule has 1 aromatic rings. The zero-order valence-corrected chi connectivity index (χ0v) is 16.4. The third-order valence-corrected chi connectivity index (χ3v) is 6.63. The van der Waals surface area contributed by atoms with Crippen molar-refractivity contribution in [3.05, 3.63) is 30.1 Å². The van der Waals surface area contributed by atoms with Gasteiger partial charge in [0.2, 0.25) is 0 Å². The molecule has 3 aliphatic rings. The summed E-state index contributed by atoms with van der Waals surface area (Å²) in [5, 5.41) is 0. The molecule has 0 bridgehead atoms. The number of amides is 1. The number of hydrogen-bond acceptors (Lipinski definition) is 4. The van der Waals surface area contributed by atoms with E-state index >= 15 is 0 Å². The smallest absolute Gasteiger partial charge is 0.254 e. The normalized spacial score (nSPS) is 25.1. The molecule has 1 unspecified atom stereocenters. The fourth-order valence-corrected chi connectivity index (χ4v) is 5.03. The molecular formula is C22H33N3O2. The molecule has 4 rings (SSSR count). The van der Waals surface area contributed by atoms with E-state index in [0.29, 0.717) is 5.92 Å². The summed E-state index contributed by atoms with van der Waals surface area (Å²) in [6, 6.07) is 4.48. The maximum absolute atomic E-state index is 13.1. The zero-order chi connectivity index (χ0) is 18.5. The SMILES string of the molecule is O=C(c1ccncc1)N(CC1CCN(C2CCCC2)CC1)CC1CCCO1. The van der Waals surface area contributed by atoms with Crippen molar-refractivity contribution in [2.45, 2.75) is 63.5 Å². The second kappa shape index (κ2) is 9.16. The van der Waals surface area contributed by atoms with Crippen LogP contribution in [0.3, 0.4) is 0 Å². The Morgan fingerprint density at radius 2 is 1.78 bits per heavy atom. The lowest BCUT2D eigenvalue weighted by atomic mass is 9.94. The largest absolute Gasteiger partial charge is 0.376 e. The van der Waals surface area contributed by atoms with Crippen LogP contribution < -0.4 is 0 Å². The van der Waals surface area contributed by atoms with Crippen molar-refractivity contribution in [3.8, 4) is 0 Å². The Labute approximate surface area is 163 Å². The Morgan fingerprint density at radius 3 is 2.44 bits per heavy atom. The molecular weight excluding hydrogens is 338 g/mol. The predicted octanol–water partition coefficient (Wildman–Crippen LogP) is 3.36. The van der Waals surface area contributed by atoms with Gasteiger partial charge in [0.1, 0.15) is 0 Å². The van der Waals surface area contributed by atoms with E-state index in [1.807, 2.05) is 12.1 Å². The first-order valence-corrected chi connectivity index (χ1v) is 10.8. The van der Waals surface area contributed by atoms with Crippen LogP contribution in [0.4, 0.5) is 0 Å². The van der Waals surface area contributed by atoms with Crippen LogP contribution in [0.5, 0.6) is 0 Å². The highest BCUT2D eigenvalue weighted by atomic mass is 16.5. The number of ether oxygens (including phenoxy) is 1. The zero-order valence-electron chi connectivity index (χ0n) is 16.4. The van der Waals surface area contributed by atoms with Gasteiger partial charge in [-0.15, -0.1) is 0 Å². The molecule has 0 aromatic carbocycles. The molecule has 1 saturated carbocycles. The second-order valence-corrected chi connectivity index (χ2v) is 8.50. The second-order valence-electron chi connectivity index (χ2n) is 8.50. The van der Waals surface area contributed by atoms with Gasteiger partial charge in [0.25, 0.3) is 5.91 Å². The molecule has 1 amide bonds. The molecule has 5 nitrogen and oxygen atoms in total. The van der Waals surface area contributed by atoms with E-state index in [-0.39, 0.29) is 12.0 Å². The van der Waals surface area contributed by atoms with Crippen molar-refractivity contribution in [1.29, 1.82) is 0 Å². The van der Waals surface area contributed by atoms with E-state index < -0.39 is 0 Å². The Hall–Kier alpha value is -1.46. The first-order valence-electron chi connectivity index (χ1n) is 10.8.